The molecule has 0 unspecified atom stereocenters. The van der Waals surface area contributed by atoms with Gasteiger partial charge in [0.1, 0.15) is 0 Å². The molecule has 1 aromatic rings. The van der Waals surface area contributed by atoms with E-state index in [1.807, 2.05) is 11.9 Å². The number of aromatic carboxylic acids is 1. The summed E-state index contributed by atoms with van der Waals surface area (Å²) in [4.78, 5) is 12.7. The summed E-state index contributed by atoms with van der Waals surface area (Å²) < 4.78 is 0. The first-order valence-corrected chi connectivity index (χ1v) is 5.51. The van der Waals surface area contributed by atoms with Crippen molar-refractivity contribution in [3.05, 3.63) is 35.4 Å². The molecule has 0 aliphatic carbocycles. The lowest BCUT2D eigenvalue weighted by Crippen LogP contribution is -2.35. The summed E-state index contributed by atoms with van der Waals surface area (Å²) in [6, 6.07) is 6.78. The highest BCUT2D eigenvalue weighted by atomic mass is 16.4. The van der Waals surface area contributed by atoms with Gasteiger partial charge in [-0.05, 0) is 38.6 Å². The number of benzene rings is 1. The monoisotopic (exact) mass is 237 g/mol. The van der Waals surface area contributed by atoms with Crippen LogP contribution in [0.1, 0.15) is 29.8 Å². The van der Waals surface area contributed by atoms with E-state index in [1.165, 1.54) is 0 Å². The lowest BCUT2D eigenvalue weighted by atomic mass is 10.1. The Morgan fingerprint density at radius 1 is 1.29 bits per heavy atom. The quantitative estimate of drug-likeness (QED) is 0.816. The van der Waals surface area contributed by atoms with Crippen molar-refractivity contribution in [3.8, 4) is 0 Å². The van der Waals surface area contributed by atoms with Gasteiger partial charge in [0.05, 0.1) is 11.2 Å². The zero-order valence-corrected chi connectivity index (χ0v) is 10.5. The fraction of sp³-hybridized carbons (Fsp3) is 0.462. The van der Waals surface area contributed by atoms with Crippen molar-refractivity contribution in [1.29, 1.82) is 0 Å². The molecule has 94 valence electrons. The number of nitrogens with zero attached hydrogens (tertiary/aromatic N) is 1. The molecule has 17 heavy (non-hydrogen) atoms. The molecule has 0 aromatic heterocycles. The van der Waals surface area contributed by atoms with Gasteiger partial charge in [-0.2, -0.15) is 0 Å². The van der Waals surface area contributed by atoms with Crippen LogP contribution in [-0.4, -0.2) is 40.3 Å². The van der Waals surface area contributed by atoms with E-state index in [0.717, 1.165) is 5.56 Å². The zero-order valence-electron chi connectivity index (χ0n) is 10.5. The Balaban J connectivity index is 2.60. The third-order valence-corrected chi connectivity index (χ3v) is 2.31. The van der Waals surface area contributed by atoms with Gasteiger partial charge >= 0.3 is 5.97 Å². The number of aliphatic hydroxyl groups is 1. The first-order valence-electron chi connectivity index (χ1n) is 5.51. The van der Waals surface area contributed by atoms with Gasteiger partial charge in [0, 0.05) is 13.1 Å². The van der Waals surface area contributed by atoms with E-state index in [2.05, 4.69) is 0 Å². The van der Waals surface area contributed by atoms with Crippen molar-refractivity contribution in [2.75, 3.05) is 13.6 Å². The molecule has 0 atom stereocenters. The fourth-order valence-corrected chi connectivity index (χ4v) is 1.78. The van der Waals surface area contributed by atoms with E-state index < -0.39 is 11.6 Å². The molecule has 0 aliphatic rings. The highest BCUT2D eigenvalue weighted by Crippen LogP contribution is 2.09. The fourth-order valence-electron chi connectivity index (χ4n) is 1.78. The summed E-state index contributed by atoms with van der Waals surface area (Å²) in [5.74, 6) is -0.915. The third kappa shape index (κ3) is 4.97. The maximum absolute atomic E-state index is 10.7. The summed E-state index contributed by atoms with van der Waals surface area (Å²) in [5.41, 5.74) is 0.594. The van der Waals surface area contributed by atoms with E-state index in [-0.39, 0.29) is 0 Å². The summed E-state index contributed by atoms with van der Waals surface area (Å²) in [7, 11) is 1.92. The second-order valence-electron chi connectivity index (χ2n) is 4.99. The van der Waals surface area contributed by atoms with E-state index in [4.69, 9.17) is 5.11 Å². The molecule has 0 radical (unpaired) electrons. The van der Waals surface area contributed by atoms with E-state index in [1.54, 1.807) is 38.1 Å². The van der Waals surface area contributed by atoms with Crippen molar-refractivity contribution < 1.29 is 15.0 Å². The zero-order chi connectivity index (χ0) is 13.1. The van der Waals surface area contributed by atoms with E-state index >= 15 is 0 Å². The number of hydrogen-bond acceptors (Lipinski definition) is 3. The van der Waals surface area contributed by atoms with Crippen molar-refractivity contribution in [3.63, 3.8) is 0 Å². The maximum atomic E-state index is 10.7. The van der Waals surface area contributed by atoms with Gasteiger partial charge in [-0.25, -0.2) is 4.79 Å². The molecular weight excluding hydrogens is 218 g/mol. The van der Waals surface area contributed by atoms with Crippen LogP contribution in [0.25, 0.3) is 0 Å². The molecule has 0 fully saturated rings. The van der Waals surface area contributed by atoms with Crippen LogP contribution in [0.5, 0.6) is 0 Å². The Hall–Kier alpha value is -1.39. The van der Waals surface area contributed by atoms with Crippen molar-refractivity contribution >= 4 is 5.97 Å². The molecule has 4 heteroatoms. The number of carboxylic acids is 1. The third-order valence-electron chi connectivity index (χ3n) is 2.31. The van der Waals surface area contributed by atoms with Crippen LogP contribution in [0.15, 0.2) is 24.3 Å². The van der Waals surface area contributed by atoms with Gasteiger partial charge in [-0.1, -0.05) is 12.1 Å². The SMILES string of the molecule is CN(Cc1ccc(C(=O)O)cc1)CC(C)(C)O. The van der Waals surface area contributed by atoms with Gasteiger partial charge in [0.15, 0.2) is 0 Å². The Bertz CT molecular complexity index is 379. The van der Waals surface area contributed by atoms with Gasteiger partial charge in [0.2, 0.25) is 0 Å². The van der Waals surface area contributed by atoms with E-state index in [9.17, 15) is 9.90 Å². The molecule has 1 aromatic carbocycles. The second-order valence-corrected chi connectivity index (χ2v) is 4.99. The predicted molar refractivity (Wildman–Crippen MR) is 66.0 cm³/mol. The summed E-state index contributed by atoms with van der Waals surface area (Å²) in [5, 5.41) is 18.4. The number of rotatable bonds is 5. The number of likely N-dealkylation sites (N-methyl/N-ethyl adjacent to an activating group) is 1. The van der Waals surface area contributed by atoms with Crippen molar-refractivity contribution in [1.82, 2.24) is 4.90 Å². The minimum atomic E-state index is -0.915. The van der Waals surface area contributed by atoms with Crippen molar-refractivity contribution in [2.24, 2.45) is 0 Å². The molecule has 4 nitrogen and oxygen atoms in total. The van der Waals surface area contributed by atoms with Crippen LogP contribution in [0, 0.1) is 0 Å². The topological polar surface area (TPSA) is 60.8 Å². The van der Waals surface area contributed by atoms with Gasteiger partial charge in [0.25, 0.3) is 0 Å². The Morgan fingerprint density at radius 3 is 2.24 bits per heavy atom. The Kier molecular flexibility index (Phi) is 4.26. The van der Waals surface area contributed by atoms with Crippen molar-refractivity contribution in [2.45, 2.75) is 26.0 Å². The smallest absolute Gasteiger partial charge is 0.335 e. The number of carbonyl (C=O) groups is 1. The number of carboxylic acid groups (broad SMARTS) is 1. The lowest BCUT2D eigenvalue weighted by Gasteiger charge is -2.25. The van der Waals surface area contributed by atoms with Gasteiger partial charge in [-0.3, -0.25) is 4.90 Å². The summed E-state index contributed by atoms with van der Waals surface area (Å²) in [6.07, 6.45) is 0. The average Bonchev–Trinajstić information content (AvgIpc) is 2.15. The number of hydrogen-bond donors (Lipinski definition) is 2. The first kappa shape index (κ1) is 13.7. The van der Waals surface area contributed by atoms with Crippen LogP contribution in [0.2, 0.25) is 0 Å². The average molecular weight is 237 g/mol. The van der Waals surface area contributed by atoms with Crippen LogP contribution in [0.3, 0.4) is 0 Å². The highest BCUT2D eigenvalue weighted by Gasteiger charge is 2.15. The minimum Gasteiger partial charge on any atom is -0.478 e. The molecule has 0 saturated heterocycles. The molecular formula is C13H19NO3. The van der Waals surface area contributed by atoms with Crippen LogP contribution >= 0.6 is 0 Å². The van der Waals surface area contributed by atoms with E-state index in [0.29, 0.717) is 18.7 Å². The molecule has 1 rings (SSSR count). The molecule has 0 spiro atoms. The van der Waals surface area contributed by atoms with Crippen LogP contribution < -0.4 is 0 Å². The summed E-state index contributed by atoms with van der Waals surface area (Å²) >= 11 is 0. The van der Waals surface area contributed by atoms with Gasteiger partial charge < -0.3 is 10.2 Å². The second kappa shape index (κ2) is 5.29. The minimum absolute atomic E-state index is 0.291. The Morgan fingerprint density at radius 2 is 1.82 bits per heavy atom. The largest absolute Gasteiger partial charge is 0.478 e. The van der Waals surface area contributed by atoms with Gasteiger partial charge in [-0.15, -0.1) is 0 Å². The highest BCUT2D eigenvalue weighted by molar-refractivity contribution is 5.87. The molecule has 0 saturated carbocycles. The Labute approximate surface area is 101 Å². The predicted octanol–water partition coefficient (Wildman–Crippen LogP) is 1.59. The van der Waals surface area contributed by atoms with Crippen LogP contribution in [-0.2, 0) is 6.54 Å². The lowest BCUT2D eigenvalue weighted by molar-refractivity contribution is 0.0425. The maximum Gasteiger partial charge on any atom is 0.335 e. The molecule has 0 amide bonds. The normalized spacial score (nSPS) is 11.8. The first-order chi connectivity index (χ1) is 7.78. The standard InChI is InChI=1S/C13H19NO3/c1-13(2,17)9-14(3)8-10-4-6-11(7-5-10)12(15)16/h4-7,17H,8-9H2,1-3H3,(H,15,16). The van der Waals surface area contributed by atoms with Crippen LogP contribution in [0.4, 0.5) is 0 Å². The molecule has 0 aliphatic heterocycles. The molecule has 0 heterocycles. The molecule has 2 N–H and O–H groups in total. The summed E-state index contributed by atoms with van der Waals surface area (Å²) in [6.45, 7) is 4.77. The molecule has 0 bridgehead atoms.